The minimum absolute atomic E-state index is 0.338. The van der Waals surface area contributed by atoms with E-state index in [1.165, 1.54) is 4.88 Å². The maximum Gasteiger partial charge on any atom is 0.284 e. The first-order valence-corrected chi connectivity index (χ1v) is 6.51. The first kappa shape index (κ1) is 11.0. The van der Waals surface area contributed by atoms with Crippen LogP contribution in [0.3, 0.4) is 0 Å². The number of hydrogen-bond acceptors (Lipinski definition) is 4. The van der Waals surface area contributed by atoms with E-state index in [2.05, 4.69) is 44.5 Å². The quantitative estimate of drug-likeness (QED) is 0.874. The predicted octanol–water partition coefficient (Wildman–Crippen LogP) is 3.90. The molecular weight excluding hydrogens is 296 g/mol. The van der Waals surface area contributed by atoms with Crippen LogP contribution in [0.25, 0.3) is 0 Å². The predicted molar refractivity (Wildman–Crippen MR) is 65.8 cm³/mol. The van der Waals surface area contributed by atoms with Gasteiger partial charge in [0.25, 0.3) is 4.84 Å². The van der Waals surface area contributed by atoms with Gasteiger partial charge in [-0.3, -0.25) is 0 Å². The number of nitrogens with one attached hydrogen (secondary N) is 1. The van der Waals surface area contributed by atoms with E-state index in [9.17, 15) is 0 Å². The van der Waals surface area contributed by atoms with Crippen LogP contribution in [-0.4, -0.2) is 10.2 Å². The van der Waals surface area contributed by atoms with Gasteiger partial charge in [0.2, 0.25) is 5.89 Å². The fourth-order valence-electron chi connectivity index (χ4n) is 1.30. The number of thiophene rings is 1. The summed E-state index contributed by atoms with van der Waals surface area (Å²) in [6.07, 6.45) is 0.764. The number of nitrogens with zero attached hydrogens (tertiary/aromatic N) is 1. The average Bonchev–Trinajstić information content (AvgIpc) is 2.75. The Labute approximate surface area is 105 Å². The molecule has 1 unspecified atom stereocenters. The summed E-state index contributed by atoms with van der Waals surface area (Å²) in [5.41, 5.74) is 0. The largest absolute Gasteiger partial charge is 0.414 e. The molecule has 15 heavy (non-hydrogen) atoms. The smallest absolute Gasteiger partial charge is 0.284 e. The van der Waals surface area contributed by atoms with Gasteiger partial charge in [0.05, 0.1) is 0 Å². The second-order valence-corrected chi connectivity index (χ2v) is 5.51. The van der Waals surface area contributed by atoms with E-state index in [-0.39, 0.29) is 0 Å². The molecular formula is C9H9BrN2OS2. The van der Waals surface area contributed by atoms with Gasteiger partial charge in [0.15, 0.2) is 0 Å². The lowest BCUT2D eigenvalue weighted by atomic mass is 10.1. The molecule has 0 radical (unpaired) electrons. The molecule has 80 valence electrons. The lowest BCUT2D eigenvalue weighted by Gasteiger charge is -2.04. The maximum atomic E-state index is 5.22. The van der Waals surface area contributed by atoms with Crippen LogP contribution in [0.5, 0.6) is 0 Å². The van der Waals surface area contributed by atoms with Gasteiger partial charge in [0.1, 0.15) is 0 Å². The van der Waals surface area contributed by atoms with Gasteiger partial charge in [-0.05, 0) is 40.1 Å². The highest BCUT2D eigenvalue weighted by Gasteiger charge is 2.12. The number of aromatic nitrogens is 2. The van der Waals surface area contributed by atoms with E-state index in [4.69, 9.17) is 16.6 Å². The van der Waals surface area contributed by atoms with Gasteiger partial charge in [-0.25, -0.2) is 5.10 Å². The third-order valence-corrected chi connectivity index (χ3v) is 4.14. The van der Waals surface area contributed by atoms with Crippen LogP contribution < -0.4 is 0 Å². The Hall–Kier alpha value is -0.460. The number of halogens is 1. The summed E-state index contributed by atoms with van der Waals surface area (Å²) in [6, 6.07) is 2.12. The van der Waals surface area contributed by atoms with Gasteiger partial charge in [-0.1, -0.05) is 6.92 Å². The monoisotopic (exact) mass is 304 g/mol. The molecule has 2 heterocycles. The zero-order valence-electron chi connectivity index (χ0n) is 7.99. The molecule has 2 aromatic heterocycles. The Bertz CT molecular complexity index is 502. The minimum atomic E-state index is 0.338. The number of H-pyrrole nitrogens is 1. The molecule has 0 amide bonds. The molecule has 2 rings (SSSR count). The van der Waals surface area contributed by atoms with Crippen LogP contribution in [0.1, 0.15) is 23.6 Å². The number of hydrogen-bond donors (Lipinski definition) is 1. The first-order valence-electron chi connectivity index (χ1n) is 4.43. The molecule has 0 aliphatic rings. The van der Waals surface area contributed by atoms with E-state index in [0.717, 1.165) is 10.9 Å². The molecule has 0 spiro atoms. The lowest BCUT2D eigenvalue weighted by Crippen LogP contribution is -1.96. The third-order valence-electron chi connectivity index (χ3n) is 2.04. The minimum Gasteiger partial charge on any atom is -0.414 e. The number of rotatable bonds is 3. The van der Waals surface area contributed by atoms with E-state index >= 15 is 0 Å². The molecule has 0 saturated carbocycles. The van der Waals surface area contributed by atoms with Crippen molar-refractivity contribution in [2.45, 2.75) is 19.3 Å². The van der Waals surface area contributed by atoms with Crippen molar-refractivity contribution in [1.29, 1.82) is 0 Å². The highest BCUT2D eigenvalue weighted by molar-refractivity contribution is 9.10. The van der Waals surface area contributed by atoms with Crippen molar-refractivity contribution in [3.8, 4) is 0 Å². The average molecular weight is 305 g/mol. The van der Waals surface area contributed by atoms with Gasteiger partial charge in [-0.2, -0.15) is 0 Å². The van der Waals surface area contributed by atoms with Crippen LogP contribution in [0.15, 0.2) is 20.3 Å². The summed E-state index contributed by atoms with van der Waals surface area (Å²) in [4.78, 5) is 1.65. The van der Waals surface area contributed by atoms with Gasteiger partial charge < -0.3 is 4.42 Å². The molecule has 0 saturated heterocycles. The second kappa shape index (κ2) is 4.59. The normalized spacial score (nSPS) is 12.9. The fraction of sp³-hybridized carbons (Fsp3) is 0.333. The summed E-state index contributed by atoms with van der Waals surface area (Å²) in [5, 5.41) is 8.68. The van der Waals surface area contributed by atoms with E-state index in [0.29, 0.717) is 16.6 Å². The maximum absolute atomic E-state index is 5.22. The van der Waals surface area contributed by atoms with Crippen molar-refractivity contribution in [2.24, 2.45) is 0 Å². The molecule has 0 aliphatic heterocycles. The summed E-state index contributed by atoms with van der Waals surface area (Å²) in [7, 11) is 0. The van der Waals surface area contributed by atoms with Gasteiger partial charge in [0, 0.05) is 21.2 Å². The summed E-state index contributed by atoms with van der Waals surface area (Å²) in [5.74, 6) is 1.06. The zero-order valence-corrected chi connectivity index (χ0v) is 11.2. The molecule has 2 aromatic rings. The summed E-state index contributed by atoms with van der Waals surface area (Å²) < 4.78 is 6.35. The molecule has 1 N–H and O–H groups in total. The fourth-order valence-corrected chi connectivity index (χ4v) is 2.94. The summed E-state index contributed by atoms with van der Waals surface area (Å²) >= 11 is 9.99. The van der Waals surface area contributed by atoms with Crippen molar-refractivity contribution >= 4 is 39.5 Å². The SMILES string of the molecule is CC(Cc1n[nH]c(=S)o1)c1cc(Br)cs1. The lowest BCUT2D eigenvalue weighted by molar-refractivity contribution is 0.467. The van der Waals surface area contributed by atoms with Gasteiger partial charge >= 0.3 is 0 Å². The highest BCUT2D eigenvalue weighted by atomic mass is 79.9. The topological polar surface area (TPSA) is 41.8 Å². The van der Waals surface area contributed by atoms with Crippen LogP contribution in [-0.2, 0) is 6.42 Å². The van der Waals surface area contributed by atoms with E-state index in [1.54, 1.807) is 11.3 Å². The Kier molecular flexibility index (Phi) is 3.38. The Morgan fingerprint density at radius 2 is 2.53 bits per heavy atom. The van der Waals surface area contributed by atoms with Crippen molar-refractivity contribution in [1.82, 2.24) is 10.2 Å². The Morgan fingerprint density at radius 3 is 3.07 bits per heavy atom. The zero-order chi connectivity index (χ0) is 10.8. The Balaban J connectivity index is 2.10. The molecule has 0 fully saturated rings. The van der Waals surface area contributed by atoms with Crippen LogP contribution in [0, 0.1) is 4.84 Å². The second-order valence-electron chi connectivity index (χ2n) is 3.28. The third kappa shape index (κ3) is 2.76. The standard InChI is InChI=1S/C9H9BrN2OS2/c1-5(7-3-6(10)4-15-7)2-8-11-12-9(14)13-8/h3-5H,2H2,1H3,(H,12,14). The van der Waals surface area contributed by atoms with Crippen LogP contribution >= 0.6 is 39.5 Å². The van der Waals surface area contributed by atoms with Crippen LogP contribution in [0.4, 0.5) is 0 Å². The molecule has 0 aromatic carbocycles. The molecule has 3 nitrogen and oxygen atoms in total. The van der Waals surface area contributed by atoms with E-state index < -0.39 is 0 Å². The molecule has 1 atom stereocenters. The molecule has 0 bridgehead atoms. The van der Waals surface area contributed by atoms with Gasteiger partial charge in [-0.15, -0.1) is 16.4 Å². The van der Waals surface area contributed by atoms with Crippen molar-refractivity contribution in [3.05, 3.63) is 31.5 Å². The highest BCUT2D eigenvalue weighted by Crippen LogP contribution is 2.28. The number of aromatic amines is 1. The van der Waals surface area contributed by atoms with Crippen molar-refractivity contribution < 1.29 is 4.42 Å². The first-order chi connectivity index (χ1) is 7.15. The molecule has 0 aliphatic carbocycles. The molecule has 6 heteroatoms. The van der Waals surface area contributed by atoms with E-state index in [1.807, 2.05) is 0 Å². The van der Waals surface area contributed by atoms with Crippen molar-refractivity contribution in [2.75, 3.05) is 0 Å². The summed E-state index contributed by atoms with van der Waals surface area (Å²) in [6.45, 7) is 2.14. The Morgan fingerprint density at radius 1 is 1.73 bits per heavy atom. The van der Waals surface area contributed by atoms with Crippen molar-refractivity contribution in [3.63, 3.8) is 0 Å². The van der Waals surface area contributed by atoms with Crippen LogP contribution in [0.2, 0.25) is 0 Å².